The molecule has 190 valence electrons. The minimum atomic E-state index is -3.67. The maximum Gasteiger partial charge on any atom is 0.265 e. The molecule has 0 aromatic heterocycles. The van der Waals surface area contributed by atoms with Gasteiger partial charge in [0.1, 0.15) is 6.04 Å². The fraction of sp³-hybridized carbons (Fsp3) is 0.333. The van der Waals surface area contributed by atoms with Crippen molar-refractivity contribution in [3.05, 3.63) is 70.7 Å². The van der Waals surface area contributed by atoms with Gasteiger partial charge in [-0.25, -0.2) is 8.42 Å². The van der Waals surface area contributed by atoms with Gasteiger partial charge in [-0.05, 0) is 62.4 Å². The van der Waals surface area contributed by atoms with Crippen LogP contribution in [0.2, 0.25) is 0 Å². The van der Waals surface area contributed by atoms with Gasteiger partial charge in [-0.3, -0.25) is 13.9 Å². The number of benzene rings is 3. The maximum absolute atomic E-state index is 13.4. The third-order valence-corrected chi connectivity index (χ3v) is 8.62. The number of carbonyl (C=O) groups is 2. The van der Waals surface area contributed by atoms with Crippen molar-refractivity contribution in [2.45, 2.75) is 57.1 Å². The van der Waals surface area contributed by atoms with Crippen LogP contribution in [0, 0.1) is 0 Å². The molecular weight excluding hydrogens is 542 g/mol. The summed E-state index contributed by atoms with van der Waals surface area (Å²) in [6.45, 7) is 5.92. The van der Waals surface area contributed by atoms with Gasteiger partial charge in [0.15, 0.2) is 0 Å². The Morgan fingerprint density at radius 3 is 2.42 bits per heavy atom. The van der Waals surface area contributed by atoms with E-state index in [0.717, 1.165) is 20.8 Å². The molecule has 4 rings (SSSR count). The number of anilines is 1. The molecule has 0 aliphatic carbocycles. The van der Waals surface area contributed by atoms with E-state index < -0.39 is 16.1 Å². The molecule has 1 aliphatic heterocycles. The highest BCUT2D eigenvalue weighted by atomic mass is 79.9. The molecule has 7 nitrogen and oxygen atoms in total. The van der Waals surface area contributed by atoms with E-state index in [4.69, 9.17) is 0 Å². The first-order valence-electron chi connectivity index (χ1n) is 12.0. The normalized spacial score (nSPS) is 14.8. The topological polar surface area (TPSA) is 86.8 Å². The molecule has 0 radical (unpaired) electrons. The van der Waals surface area contributed by atoms with Crippen LogP contribution in [-0.4, -0.2) is 43.8 Å². The summed E-state index contributed by atoms with van der Waals surface area (Å²) in [5, 5.41) is 4.47. The van der Waals surface area contributed by atoms with Gasteiger partial charge in [-0.2, -0.15) is 0 Å². The molecule has 1 N–H and O–H groups in total. The Labute approximate surface area is 220 Å². The standard InChI is InChI=1S/C27H30BrN3O4S/c1-18(2)29-27(33)19(3)30(17-20-8-4-11-22(28)16-20)25(32)14-7-15-31-23-12-5-9-21-10-6-13-24(26(21)23)36(31,34)35/h4-6,8-13,16,18-19H,7,14-15,17H2,1-3H3,(H,29,33)/t19-/m0/s1. The lowest BCUT2D eigenvalue weighted by Gasteiger charge is -2.30. The summed E-state index contributed by atoms with van der Waals surface area (Å²) < 4.78 is 28.7. The lowest BCUT2D eigenvalue weighted by atomic mass is 10.1. The number of hydrogen-bond acceptors (Lipinski definition) is 4. The first kappa shape index (κ1) is 26.2. The van der Waals surface area contributed by atoms with Gasteiger partial charge in [0.2, 0.25) is 11.8 Å². The number of nitrogens with zero attached hydrogens (tertiary/aromatic N) is 2. The molecule has 0 saturated carbocycles. The summed E-state index contributed by atoms with van der Waals surface area (Å²) in [5.41, 5.74) is 1.54. The van der Waals surface area contributed by atoms with Crippen molar-refractivity contribution < 1.29 is 18.0 Å². The molecule has 2 amide bonds. The first-order chi connectivity index (χ1) is 17.1. The summed E-state index contributed by atoms with van der Waals surface area (Å²) >= 11 is 3.46. The van der Waals surface area contributed by atoms with Crippen LogP contribution in [0.3, 0.4) is 0 Å². The van der Waals surface area contributed by atoms with Crippen LogP contribution in [-0.2, 0) is 26.2 Å². The van der Waals surface area contributed by atoms with Crippen molar-refractivity contribution in [2.24, 2.45) is 0 Å². The van der Waals surface area contributed by atoms with Crippen molar-refractivity contribution in [3.63, 3.8) is 0 Å². The van der Waals surface area contributed by atoms with E-state index in [1.807, 2.05) is 56.3 Å². The van der Waals surface area contributed by atoms with Crippen LogP contribution in [0.25, 0.3) is 10.8 Å². The minimum Gasteiger partial charge on any atom is -0.352 e. The summed E-state index contributed by atoms with van der Waals surface area (Å²) in [4.78, 5) is 28.0. The van der Waals surface area contributed by atoms with Crippen LogP contribution >= 0.6 is 15.9 Å². The number of amides is 2. The molecule has 1 heterocycles. The third kappa shape index (κ3) is 5.27. The average molecular weight is 573 g/mol. The number of sulfonamides is 1. The van der Waals surface area contributed by atoms with Gasteiger partial charge < -0.3 is 10.2 Å². The quantitative estimate of drug-likeness (QED) is 0.398. The molecule has 0 spiro atoms. The van der Waals surface area contributed by atoms with Crippen molar-refractivity contribution >= 4 is 54.2 Å². The Balaban J connectivity index is 1.50. The van der Waals surface area contributed by atoms with Crippen molar-refractivity contribution in [1.29, 1.82) is 0 Å². The lowest BCUT2D eigenvalue weighted by molar-refractivity contribution is -0.140. The summed E-state index contributed by atoms with van der Waals surface area (Å²) in [6, 6.07) is 17.7. The molecule has 3 aromatic carbocycles. The number of halogens is 1. The zero-order valence-corrected chi connectivity index (χ0v) is 23.0. The van der Waals surface area contributed by atoms with E-state index in [0.29, 0.717) is 17.0 Å². The van der Waals surface area contributed by atoms with Gasteiger partial charge >= 0.3 is 0 Å². The Kier molecular flexibility index (Phi) is 7.70. The van der Waals surface area contributed by atoms with E-state index in [-0.39, 0.29) is 37.4 Å². The van der Waals surface area contributed by atoms with E-state index in [1.54, 1.807) is 30.0 Å². The second kappa shape index (κ2) is 10.6. The summed E-state index contributed by atoms with van der Waals surface area (Å²) in [7, 11) is -3.67. The van der Waals surface area contributed by atoms with E-state index in [2.05, 4.69) is 21.2 Å². The number of hydrogen-bond donors (Lipinski definition) is 1. The highest BCUT2D eigenvalue weighted by Gasteiger charge is 2.35. The van der Waals surface area contributed by atoms with E-state index >= 15 is 0 Å². The SMILES string of the molecule is CC(C)NC(=O)[C@H](C)N(Cc1cccc(Br)c1)C(=O)CCCN1c2cccc3cccc(c23)S1(=O)=O. The summed E-state index contributed by atoms with van der Waals surface area (Å²) in [6.07, 6.45) is 0.446. The fourth-order valence-corrected chi connectivity index (χ4v) is 6.73. The molecule has 0 fully saturated rings. The first-order valence-corrected chi connectivity index (χ1v) is 14.2. The van der Waals surface area contributed by atoms with Crippen LogP contribution in [0.4, 0.5) is 5.69 Å². The van der Waals surface area contributed by atoms with Crippen molar-refractivity contribution in [3.8, 4) is 0 Å². The van der Waals surface area contributed by atoms with Gasteiger partial charge in [-0.15, -0.1) is 0 Å². The molecule has 1 atom stereocenters. The van der Waals surface area contributed by atoms with E-state index in [1.165, 1.54) is 4.31 Å². The predicted octanol–water partition coefficient (Wildman–Crippen LogP) is 4.83. The van der Waals surface area contributed by atoms with Crippen molar-refractivity contribution in [1.82, 2.24) is 10.2 Å². The molecule has 0 saturated heterocycles. The molecule has 36 heavy (non-hydrogen) atoms. The second-order valence-electron chi connectivity index (χ2n) is 9.30. The van der Waals surface area contributed by atoms with Crippen LogP contribution in [0.5, 0.6) is 0 Å². The number of nitrogens with one attached hydrogen (secondary N) is 1. The smallest absolute Gasteiger partial charge is 0.265 e. The Bertz CT molecular complexity index is 1400. The maximum atomic E-state index is 13.4. The predicted molar refractivity (Wildman–Crippen MR) is 145 cm³/mol. The Hall–Kier alpha value is -2.91. The highest BCUT2D eigenvalue weighted by Crippen LogP contribution is 2.42. The summed E-state index contributed by atoms with van der Waals surface area (Å²) in [5.74, 6) is -0.425. The van der Waals surface area contributed by atoms with Gasteiger partial charge in [0.25, 0.3) is 10.0 Å². The highest BCUT2D eigenvalue weighted by molar-refractivity contribution is 9.10. The zero-order valence-electron chi connectivity index (χ0n) is 20.6. The number of rotatable bonds is 9. The molecular formula is C27H30BrN3O4S. The Morgan fingerprint density at radius 2 is 1.72 bits per heavy atom. The van der Waals surface area contributed by atoms with Crippen LogP contribution in [0.1, 0.15) is 39.2 Å². The molecule has 3 aromatic rings. The van der Waals surface area contributed by atoms with Crippen molar-refractivity contribution in [2.75, 3.05) is 10.8 Å². The molecule has 0 bridgehead atoms. The largest absolute Gasteiger partial charge is 0.352 e. The minimum absolute atomic E-state index is 0.0486. The fourth-order valence-electron chi connectivity index (χ4n) is 4.54. The third-order valence-electron chi connectivity index (χ3n) is 6.27. The molecule has 9 heteroatoms. The van der Waals surface area contributed by atoms with Gasteiger partial charge in [0.05, 0.1) is 10.6 Å². The molecule has 1 aliphatic rings. The second-order valence-corrected chi connectivity index (χ2v) is 12.0. The van der Waals surface area contributed by atoms with E-state index in [9.17, 15) is 18.0 Å². The monoisotopic (exact) mass is 571 g/mol. The molecule has 0 unspecified atom stereocenters. The van der Waals surface area contributed by atoms with Crippen LogP contribution < -0.4 is 9.62 Å². The van der Waals surface area contributed by atoms with Gasteiger partial charge in [-0.1, -0.05) is 52.3 Å². The zero-order chi connectivity index (χ0) is 26.0. The lowest BCUT2D eigenvalue weighted by Crippen LogP contribution is -2.49. The average Bonchev–Trinajstić information content (AvgIpc) is 3.05. The Morgan fingerprint density at radius 1 is 1.03 bits per heavy atom. The van der Waals surface area contributed by atoms with Crippen LogP contribution in [0.15, 0.2) is 70.0 Å². The van der Waals surface area contributed by atoms with Gasteiger partial charge in [0, 0.05) is 35.4 Å². The number of carbonyl (C=O) groups excluding carboxylic acids is 2.